The first-order chi connectivity index (χ1) is 12.1. The maximum Gasteiger partial charge on any atom is 0.277 e. The first-order valence-corrected chi connectivity index (χ1v) is 10.1. The number of aryl methyl sites for hydroxylation is 1. The number of alkyl halides is 1. The molecule has 0 fully saturated rings. The number of unbranched alkanes of at least 4 members (excludes halogenated alkanes) is 1. The maximum atomic E-state index is 12.4. The minimum absolute atomic E-state index is 0.200. The highest BCUT2D eigenvalue weighted by Gasteiger charge is 2.10. The fraction of sp³-hybridized carbons (Fsp3) is 0.312. The van der Waals surface area contributed by atoms with Gasteiger partial charge in [0.05, 0.1) is 10.0 Å². The minimum Gasteiger partial charge on any atom is -0.367 e. The van der Waals surface area contributed by atoms with Crippen LogP contribution in [0.15, 0.2) is 29.1 Å². The molecule has 0 radical (unpaired) electrons. The number of benzene rings is 1. The van der Waals surface area contributed by atoms with Crippen LogP contribution in [0.4, 0.5) is 5.82 Å². The van der Waals surface area contributed by atoms with Gasteiger partial charge in [0, 0.05) is 19.2 Å². The Bertz CT molecular complexity index is 940. The number of anilines is 1. The molecule has 3 rings (SSSR count). The summed E-state index contributed by atoms with van der Waals surface area (Å²) in [7, 11) is 0. The number of halogens is 3. The smallest absolute Gasteiger partial charge is 0.277 e. The molecule has 2 heterocycles. The molecule has 0 aliphatic heterocycles. The van der Waals surface area contributed by atoms with Crippen LogP contribution < -0.4 is 10.9 Å². The SMILES string of the molecule is O=c1[nH]c(NCc2ccc(Cl)c(Cl)c2)cc2nnn(CCCCI)c12. The zero-order valence-electron chi connectivity index (χ0n) is 13.2. The summed E-state index contributed by atoms with van der Waals surface area (Å²) in [5.41, 5.74) is 1.84. The fourth-order valence-electron chi connectivity index (χ4n) is 2.47. The van der Waals surface area contributed by atoms with Crippen LogP contribution in [0, 0.1) is 0 Å². The van der Waals surface area contributed by atoms with Gasteiger partial charge in [-0.1, -0.05) is 57.1 Å². The average Bonchev–Trinajstić information content (AvgIpc) is 3.00. The molecule has 25 heavy (non-hydrogen) atoms. The molecule has 2 N–H and O–H groups in total. The number of nitrogens with one attached hydrogen (secondary N) is 2. The largest absolute Gasteiger partial charge is 0.367 e. The highest BCUT2D eigenvalue weighted by molar-refractivity contribution is 14.1. The summed E-state index contributed by atoms with van der Waals surface area (Å²) in [4.78, 5) is 15.2. The molecule has 0 bridgehead atoms. The summed E-state index contributed by atoms with van der Waals surface area (Å²) in [6, 6.07) is 7.20. The van der Waals surface area contributed by atoms with E-state index < -0.39 is 0 Å². The number of aromatic nitrogens is 4. The molecule has 1 aromatic carbocycles. The van der Waals surface area contributed by atoms with Crippen LogP contribution in [0.1, 0.15) is 18.4 Å². The van der Waals surface area contributed by atoms with E-state index in [9.17, 15) is 4.79 Å². The number of aromatic amines is 1. The third-order valence-corrected chi connectivity index (χ3v) is 5.23. The van der Waals surface area contributed by atoms with Crippen molar-refractivity contribution < 1.29 is 0 Å². The minimum atomic E-state index is -0.200. The second kappa shape index (κ2) is 8.37. The highest BCUT2D eigenvalue weighted by atomic mass is 127. The zero-order chi connectivity index (χ0) is 17.8. The third kappa shape index (κ3) is 4.45. The molecule has 0 saturated carbocycles. The number of pyridine rings is 1. The predicted molar refractivity (Wildman–Crippen MR) is 110 cm³/mol. The van der Waals surface area contributed by atoms with Crippen molar-refractivity contribution in [3.63, 3.8) is 0 Å². The van der Waals surface area contributed by atoms with Gasteiger partial charge in [-0.3, -0.25) is 4.79 Å². The van der Waals surface area contributed by atoms with Gasteiger partial charge in [0.15, 0.2) is 5.52 Å². The molecule has 9 heteroatoms. The molecule has 0 unspecified atom stereocenters. The molecule has 132 valence electrons. The van der Waals surface area contributed by atoms with Gasteiger partial charge in [0.2, 0.25) is 0 Å². The quantitative estimate of drug-likeness (QED) is 0.294. The van der Waals surface area contributed by atoms with Crippen molar-refractivity contribution in [2.75, 3.05) is 9.74 Å². The summed E-state index contributed by atoms with van der Waals surface area (Å²) >= 11 is 14.3. The van der Waals surface area contributed by atoms with Crippen molar-refractivity contribution in [1.82, 2.24) is 20.0 Å². The molecule has 6 nitrogen and oxygen atoms in total. The van der Waals surface area contributed by atoms with Crippen LogP contribution in [0.5, 0.6) is 0 Å². The van der Waals surface area contributed by atoms with Crippen molar-refractivity contribution in [3.8, 4) is 0 Å². The Kier molecular flexibility index (Phi) is 6.19. The lowest BCUT2D eigenvalue weighted by Crippen LogP contribution is -2.14. The number of nitrogens with zero attached hydrogens (tertiary/aromatic N) is 3. The van der Waals surface area contributed by atoms with E-state index >= 15 is 0 Å². The van der Waals surface area contributed by atoms with E-state index in [1.807, 2.05) is 6.07 Å². The lowest BCUT2D eigenvalue weighted by molar-refractivity contribution is 0.569. The van der Waals surface area contributed by atoms with Crippen molar-refractivity contribution in [2.24, 2.45) is 0 Å². The van der Waals surface area contributed by atoms with Crippen molar-refractivity contribution >= 4 is 62.6 Å². The van der Waals surface area contributed by atoms with Crippen molar-refractivity contribution in [2.45, 2.75) is 25.9 Å². The Morgan fingerprint density at radius 2 is 2.04 bits per heavy atom. The molecule has 0 saturated heterocycles. The monoisotopic (exact) mass is 491 g/mol. The Morgan fingerprint density at radius 1 is 1.20 bits per heavy atom. The molecule has 2 aromatic heterocycles. The standard InChI is InChI=1S/C16H16Cl2IN5O/c17-11-4-3-10(7-12(11)18)9-20-14-8-13-15(16(25)21-14)24(23-22-13)6-2-1-5-19/h3-4,7-8H,1-2,5-6,9H2,(H2,20,21,25). The predicted octanol–water partition coefficient (Wildman–Crippen LogP) is 4.25. The molecule has 0 atom stereocenters. The molecular formula is C16H16Cl2IN5O. The maximum absolute atomic E-state index is 12.4. The van der Waals surface area contributed by atoms with Crippen LogP contribution in [0.2, 0.25) is 10.0 Å². The summed E-state index contributed by atoms with van der Waals surface area (Å²) in [6.45, 7) is 1.20. The van der Waals surface area contributed by atoms with E-state index in [1.54, 1.807) is 22.9 Å². The van der Waals surface area contributed by atoms with Gasteiger partial charge in [0.1, 0.15) is 11.3 Å². The lowest BCUT2D eigenvalue weighted by atomic mass is 10.2. The summed E-state index contributed by atoms with van der Waals surface area (Å²) < 4.78 is 2.76. The fourth-order valence-corrected chi connectivity index (χ4v) is 3.33. The molecule has 0 aliphatic rings. The van der Waals surface area contributed by atoms with Crippen molar-refractivity contribution in [3.05, 3.63) is 50.2 Å². The van der Waals surface area contributed by atoms with Crippen LogP contribution in [-0.2, 0) is 13.1 Å². The number of rotatable bonds is 7. The van der Waals surface area contributed by atoms with Crippen LogP contribution >= 0.6 is 45.8 Å². The van der Waals surface area contributed by atoms with Crippen LogP contribution in [0.25, 0.3) is 11.0 Å². The Labute approximate surface area is 168 Å². The van der Waals surface area contributed by atoms with Gasteiger partial charge in [-0.05, 0) is 35.0 Å². The molecule has 0 amide bonds. The number of H-pyrrole nitrogens is 1. The van der Waals surface area contributed by atoms with E-state index in [4.69, 9.17) is 23.2 Å². The number of hydrogen-bond acceptors (Lipinski definition) is 4. The summed E-state index contributed by atoms with van der Waals surface area (Å²) in [5.74, 6) is 0.586. The second-order valence-electron chi connectivity index (χ2n) is 5.56. The Balaban J connectivity index is 1.76. The second-order valence-corrected chi connectivity index (χ2v) is 7.45. The first-order valence-electron chi connectivity index (χ1n) is 7.79. The lowest BCUT2D eigenvalue weighted by Gasteiger charge is -2.07. The van der Waals surface area contributed by atoms with E-state index in [-0.39, 0.29) is 5.56 Å². The molecule has 3 aromatic rings. The van der Waals surface area contributed by atoms with E-state index in [0.29, 0.717) is 40.0 Å². The van der Waals surface area contributed by atoms with Gasteiger partial charge in [-0.2, -0.15) is 0 Å². The van der Waals surface area contributed by atoms with Gasteiger partial charge >= 0.3 is 0 Å². The Morgan fingerprint density at radius 3 is 2.80 bits per heavy atom. The van der Waals surface area contributed by atoms with E-state index in [0.717, 1.165) is 22.8 Å². The van der Waals surface area contributed by atoms with Gasteiger partial charge in [-0.25, -0.2) is 4.68 Å². The zero-order valence-corrected chi connectivity index (χ0v) is 16.9. The first kappa shape index (κ1) is 18.5. The molecule has 0 aliphatic carbocycles. The highest BCUT2D eigenvalue weighted by Crippen LogP contribution is 2.23. The van der Waals surface area contributed by atoms with Gasteiger partial charge in [0.25, 0.3) is 5.56 Å². The third-order valence-electron chi connectivity index (χ3n) is 3.73. The average molecular weight is 492 g/mol. The van der Waals surface area contributed by atoms with Crippen molar-refractivity contribution in [1.29, 1.82) is 0 Å². The van der Waals surface area contributed by atoms with Gasteiger partial charge in [-0.15, -0.1) is 5.10 Å². The van der Waals surface area contributed by atoms with Crippen LogP contribution in [0.3, 0.4) is 0 Å². The number of hydrogen-bond donors (Lipinski definition) is 2. The molecular weight excluding hydrogens is 476 g/mol. The molecule has 0 spiro atoms. The van der Waals surface area contributed by atoms with E-state index in [1.165, 1.54) is 0 Å². The van der Waals surface area contributed by atoms with E-state index in [2.05, 4.69) is 43.2 Å². The van der Waals surface area contributed by atoms with Crippen LogP contribution in [-0.4, -0.2) is 24.4 Å². The normalized spacial score (nSPS) is 11.2. The topological polar surface area (TPSA) is 75.6 Å². The summed E-state index contributed by atoms with van der Waals surface area (Å²) in [6.07, 6.45) is 2.06. The number of fused-ring (bicyclic) bond motifs is 1. The summed E-state index contributed by atoms with van der Waals surface area (Å²) in [5, 5.41) is 12.4. The van der Waals surface area contributed by atoms with Gasteiger partial charge < -0.3 is 10.3 Å². The Hall–Kier alpha value is -1.32.